The third-order valence-corrected chi connectivity index (χ3v) is 9.13. The number of nitrogens with one attached hydrogen (secondary N) is 1. The Labute approximate surface area is 284 Å². The van der Waals surface area contributed by atoms with Crippen LogP contribution >= 0.6 is 7.75 Å². The van der Waals surface area contributed by atoms with Crippen molar-refractivity contribution in [2.24, 2.45) is 5.92 Å². The Balaban J connectivity index is 1.68. The van der Waals surface area contributed by atoms with E-state index in [1.54, 1.807) is 51.1 Å². The summed E-state index contributed by atoms with van der Waals surface area (Å²) >= 11 is 0. The van der Waals surface area contributed by atoms with Crippen LogP contribution in [0.2, 0.25) is 0 Å². The molecule has 1 aromatic carbocycles. The fourth-order valence-corrected chi connectivity index (χ4v) is 6.89. The minimum Gasteiger partial charge on any atom is -0.479 e. The molecule has 0 spiro atoms. The molecule has 0 aliphatic carbocycles. The zero-order valence-electron chi connectivity index (χ0n) is 28.5. The lowest BCUT2D eigenvalue weighted by atomic mass is 9.96. The number of imidazole rings is 1. The molecule has 3 aromatic rings. The predicted molar refractivity (Wildman–Crippen MR) is 175 cm³/mol. The number of nitrogen functional groups attached to an aromatic ring is 1. The zero-order chi connectivity index (χ0) is 36.1. The predicted octanol–water partition coefficient (Wildman–Crippen LogP) is 2.83. The van der Waals surface area contributed by atoms with Gasteiger partial charge in [-0.2, -0.15) is 9.97 Å². The van der Waals surface area contributed by atoms with Crippen molar-refractivity contribution in [2.75, 3.05) is 26.1 Å². The first-order chi connectivity index (χ1) is 23.1. The van der Waals surface area contributed by atoms with Gasteiger partial charge in [-0.1, -0.05) is 44.2 Å². The quantitative estimate of drug-likeness (QED) is 0.124. The van der Waals surface area contributed by atoms with Crippen LogP contribution < -0.4 is 15.6 Å². The van der Waals surface area contributed by atoms with Crippen LogP contribution in [0.5, 0.6) is 5.88 Å². The molecule has 0 amide bonds. The van der Waals surface area contributed by atoms with Crippen molar-refractivity contribution in [1.82, 2.24) is 24.6 Å². The molecule has 3 heterocycles. The third kappa shape index (κ3) is 8.91. The second kappa shape index (κ2) is 15.9. The summed E-state index contributed by atoms with van der Waals surface area (Å²) in [6.45, 7) is 9.36. The molecule has 0 bridgehead atoms. The number of nitrogens with zero attached hydrogens (tertiary/aromatic N) is 4. The monoisotopic (exact) mass is 708 g/mol. The van der Waals surface area contributed by atoms with Crippen LogP contribution in [0.15, 0.2) is 36.7 Å². The SMILES string of the molecule is CCOC(=O)[C@@H](OP(=O)(N[C@@H](CC(C)C)C(=O)OC(C)C)OC[C@H]1O[C@@H](n2cnc3c(OC)nc(N)nc32)[C@](C)(O)[C@@H]1O)c1ccccc1. The molecule has 0 saturated carbocycles. The molecule has 1 aliphatic rings. The molecule has 1 unspecified atom stereocenters. The number of methoxy groups -OCH3 is 1. The molecule has 17 nitrogen and oxygen atoms in total. The lowest BCUT2D eigenvalue weighted by Gasteiger charge is -2.29. The lowest BCUT2D eigenvalue weighted by molar-refractivity contribution is -0.152. The molecule has 49 heavy (non-hydrogen) atoms. The number of carbonyl (C=O) groups is 2. The van der Waals surface area contributed by atoms with Crippen molar-refractivity contribution in [2.45, 2.75) is 90.2 Å². The third-order valence-electron chi connectivity index (χ3n) is 7.52. The molecule has 0 radical (unpaired) electrons. The van der Waals surface area contributed by atoms with Crippen LogP contribution in [0.25, 0.3) is 11.2 Å². The number of hydrogen-bond donors (Lipinski definition) is 4. The number of ether oxygens (including phenoxy) is 4. The van der Waals surface area contributed by atoms with Gasteiger partial charge in [-0.15, -0.1) is 0 Å². The van der Waals surface area contributed by atoms with E-state index in [1.807, 2.05) is 13.8 Å². The van der Waals surface area contributed by atoms with Crippen molar-refractivity contribution >= 4 is 36.8 Å². The highest BCUT2D eigenvalue weighted by atomic mass is 31.2. The first kappa shape index (κ1) is 38.1. The summed E-state index contributed by atoms with van der Waals surface area (Å²) in [5.41, 5.74) is 4.57. The molecule has 4 rings (SSSR count). The Kier molecular flexibility index (Phi) is 12.4. The second-order valence-corrected chi connectivity index (χ2v) is 14.1. The van der Waals surface area contributed by atoms with E-state index in [0.29, 0.717) is 5.56 Å². The highest BCUT2D eigenvalue weighted by molar-refractivity contribution is 7.51. The van der Waals surface area contributed by atoms with E-state index in [0.717, 1.165) is 0 Å². The Morgan fingerprint density at radius 3 is 2.47 bits per heavy atom. The van der Waals surface area contributed by atoms with E-state index in [9.17, 15) is 24.4 Å². The van der Waals surface area contributed by atoms with Gasteiger partial charge in [0, 0.05) is 0 Å². The van der Waals surface area contributed by atoms with Crippen molar-refractivity contribution in [3.05, 3.63) is 42.2 Å². The van der Waals surface area contributed by atoms with Crippen LogP contribution in [0.1, 0.15) is 65.9 Å². The van der Waals surface area contributed by atoms with Gasteiger partial charge in [0.1, 0.15) is 23.9 Å². The average Bonchev–Trinajstić information content (AvgIpc) is 3.55. The minimum atomic E-state index is -4.68. The Morgan fingerprint density at radius 2 is 1.86 bits per heavy atom. The number of rotatable bonds is 16. The number of carbonyl (C=O) groups excluding carboxylic acids is 2. The number of benzene rings is 1. The number of hydrogen-bond acceptors (Lipinski definition) is 15. The van der Waals surface area contributed by atoms with Crippen LogP contribution in [0.4, 0.5) is 5.95 Å². The van der Waals surface area contributed by atoms with Crippen LogP contribution in [0, 0.1) is 5.92 Å². The van der Waals surface area contributed by atoms with Crippen molar-refractivity contribution in [3.8, 4) is 5.88 Å². The van der Waals surface area contributed by atoms with Crippen LogP contribution in [-0.2, 0) is 37.4 Å². The minimum absolute atomic E-state index is 0.00472. The van der Waals surface area contributed by atoms with Gasteiger partial charge in [0.05, 0.1) is 32.8 Å². The normalized spacial score (nSPS) is 23.4. The molecule has 1 saturated heterocycles. The smallest absolute Gasteiger partial charge is 0.407 e. The summed E-state index contributed by atoms with van der Waals surface area (Å²) in [4.78, 5) is 38.7. The van der Waals surface area contributed by atoms with Crippen molar-refractivity contribution < 1.29 is 52.4 Å². The first-order valence-electron chi connectivity index (χ1n) is 15.8. The largest absolute Gasteiger partial charge is 0.479 e. The summed E-state index contributed by atoms with van der Waals surface area (Å²) in [6.07, 6.45) is -4.77. The van der Waals surface area contributed by atoms with Crippen molar-refractivity contribution in [3.63, 3.8) is 0 Å². The summed E-state index contributed by atoms with van der Waals surface area (Å²) in [7, 11) is -3.30. The highest BCUT2D eigenvalue weighted by Crippen LogP contribution is 2.51. The molecule has 1 aliphatic heterocycles. The fourth-order valence-electron chi connectivity index (χ4n) is 5.27. The second-order valence-electron chi connectivity index (χ2n) is 12.4. The van der Waals surface area contributed by atoms with Crippen LogP contribution in [-0.4, -0.2) is 91.9 Å². The van der Waals surface area contributed by atoms with Gasteiger partial charge in [-0.3, -0.25) is 18.4 Å². The standard InChI is InChI=1S/C31H45N6O11P/c1-8-44-28(40)23(19-12-10-9-11-13-19)48-49(42,36-20(14-17(2)3)27(39)46-18(4)5)45-15-21-24(38)31(6,41)29(47-21)37-16-33-22-25(37)34-30(32)35-26(22)43-7/h9-13,16-18,20-21,23-24,29,38,41H,8,14-15H2,1-7H3,(H,36,42)(H2,32,34,35)/t20-,21+,23-,24+,29+,31+,49?/m0/s1. The van der Waals surface area contributed by atoms with E-state index < -0.39 is 68.6 Å². The number of aromatic nitrogens is 4. The van der Waals surface area contributed by atoms with Gasteiger partial charge >= 0.3 is 19.7 Å². The average molecular weight is 709 g/mol. The topological polar surface area (TPSA) is 229 Å². The van der Waals surface area contributed by atoms with Crippen molar-refractivity contribution in [1.29, 1.82) is 0 Å². The maximum absolute atomic E-state index is 14.7. The summed E-state index contributed by atoms with van der Waals surface area (Å²) < 4.78 is 49.7. The number of esters is 2. The van der Waals surface area contributed by atoms with Gasteiger partial charge in [0.25, 0.3) is 0 Å². The molecule has 2 aromatic heterocycles. The molecule has 18 heteroatoms. The Hall–Kier alpha value is -3.70. The number of fused-ring (bicyclic) bond motifs is 1. The zero-order valence-corrected chi connectivity index (χ0v) is 29.4. The number of aliphatic hydroxyl groups excluding tert-OH is 1. The number of anilines is 1. The Morgan fingerprint density at radius 1 is 1.16 bits per heavy atom. The van der Waals surface area contributed by atoms with Gasteiger partial charge in [0.15, 0.2) is 23.5 Å². The van der Waals surface area contributed by atoms with E-state index >= 15 is 0 Å². The fraction of sp³-hybridized carbons (Fsp3) is 0.581. The number of aliphatic hydroxyl groups is 2. The highest BCUT2D eigenvalue weighted by Gasteiger charge is 2.54. The molecular weight excluding hydrogens is 663 g/mol. The Bertz CT molecular complexity index is 1640. The first-order valence-corrected chi connectivity index (χ1v) is 17.4. The summed E-state index contributed by atoms with van der Waals surface area (Å²) in [6, 6.07) is 7.01. The van der Waals surface area contributed by atoms with Gasteiger partial charge in [-0.25, -0.2) is 19.4 Å². The molecule has 270 valence electrons. The molecule has 5 N–H and O–H groups in total. The maximum Gasteiger partial charge on any atom is 0.407 e. The van der Waals surface area contributed by atoms with Crippen LogP contribution in [0.3, 0.4) is 0 Å². The van der Waals surface area contributed by atoms with Gasteiger partial charge in [0.2, 0.25) is 11.8 Å². The number of nitrogens with two attached hydrogens (primary N) is 1. The van der Waals surface area contributed by atoms with E-state index in [4.69, 9.17) is 33.7 Å². The van der Waals surface area contributed by atoms with Gasteiger partial charge < -0.3 is 34.9 Å². The van der Waals surface area contributed by atoms with E-state index in [1.165, 1.54) is 24.9 Å². The summed E-state index contributed by atoms with van der Waals surface area (Å²) in [5, 5.41) is 25.4. The molecular formula is C31H45N6O11P. The van der Waals surface area contributed by atoms with E-state index in [-0.39, 0.29) is 41.9 Å². The van der Waals surface area contributed by atoms with Gasteiger partial charge in [-0.05, 0) is 45.6 Å². The molecule has 1 fully saturated rings. The molecule has 7 atom stereocenters. The van der Waals surface area contributed by atoms with E-state index in [2.05, 4.69) is 20.0 Å². The lowest BCUT2D eigenvalue weighted by Crippen LogP contribution is -2.44. The summed E-state index contributed by atoms with van der Waals surface area (Å²) in [5.74, 6) is -1.68. The maximum atomic E-state index is 14.7.